The molecule has 20 heavy (non-hydrogen) atoms. The van der Waals surface area contributed by atoms with Gasteiger partial charge in [-0.1, -0.05) is 13.8 Å². The van der Waals surface area contributed by atoms with Gasteiger partial charge in [0.1, 0.15) is 5.82 Å². The van der Waals surface area contributed by atoms with Crippen LogP contribution in [0.1, 0.15) is 32.4 Å². The van der Waals surface area contributed by atoms with Crippen LogP contribution in [0.25, 0.3) is 0 Å². The van der Waals surface area contributed by atoms with Crippen molar-refractivity contribution in [1.82, 2.24) is 20.2 Å². The molecule has 112 valence electrons. The van der Waals surface area contributed by atoms with E-state index in [1.54, 1.807) is 0 Å². The number of piperidine rings is 1. The fraction of sp³-hybridized carbons (Fsp3) is 0.733. The van der Waals surface area contributed by atoms with Gasteiger partial charge in [0.2, 0.25) is 0 Å². The molecule has 2 heterocycles. The predicted molar refractivity (Wildman–Crippen MR) is 82.9 cm³/mol. The molecule has 5 nitrogen and oxygen atoms in total. The van der Waals surface area contributed by atoms with Crippen molar-refractivity contribution >= 4 is 5.82 Å². The summed E-state index contributed by atoms with van der Waals surface area (Å²) in [6.45, 7) is 7.38. The van der Waals surface area contributed by atoms with Gasteiger partial charge in [0.15, 0.2) is 0 Å². The summed E-state index contributed by atoms with van der Waals surface area (Å²) in [5.41, 5.74) is 0.999. The predicted octanol–water partition coefficient (Wildman–Crippen LogP) is 1.50. The standard InChI is InChI=1S/C15H27N5/c1-12(2)16-9-13-10-18-15(11-17-13)20(4)14-5-7-19(3)8-6-14/h10-12,14,16H,5-9H2,1-4H3. The lowest BCUT2D eigenvalue weighted by Crippen LogP contribution is -2.42. The van der Waals surface area contributed by atoms with E-state index < -0.39 is 0 Å². The van der Waals surface area contributed by atoms with E-state index in [1.165, 1.54) is 25.9 Å². The van der Waals surface area contributed by atoms with Crippen molar-refractivity contribution in [3.8, 4) is 0 Å². The molecule has 1 aliphatic heterocycles. The first-order valence-corrected chi connectivity index (χ1v) is 7.52. The van der Waals surface area contributed by atoms with Crippen LogP contribution in [0.5, 0.6) is 0 Å². The van der Waals surface area contributed by atoms with Gasteiger partial charge in [0.05, 0.1) is 18.1 Å². The van der Waals surface area contributed by atoms with Crippen LogP contribution in [-0.2, 0) is 6.54 Å². The Morgan fingerprint density at radius 3 is 2.55 bits per heavy atom. The third-order valence-electron chi connectivity index (χ3n) is 3.98. The highest BCUT2D eigenvalue weighted by Crippen LogP contribution is 2.19. The van der Waals surface area contributed by atoms with Crippen molar-refractivity contribution in [2.24, 2.45) is 0 Å². The van der Waals surface area contributed by atoms with E-state index in [4.69, 9.17) is 0 Å². The summed E-state index contributed by atoms with van der Waals surface area (Å²) in [5.74, 6) is 0.979. The summed E-state index contributed by atoms with van der Waals surface area (Å²) < 4.78 is 0. The highest BCUT2D eigenvalue weighted by atomic mass is 15.2. The molecule has 0 aliphatic carbocycles. The van der Waals surface area contributed by atoms with Gasteiger partial charge in [-0.3, -0.25) is 4.98 Å². The molecular formula is C15H27N5. The number of hydrogen-bond acceptors (Lipinski definition) is 5. The second-order valence-corrected chi connectivity index (χ2v) is 6.05. The number of nitrogens with one attached hydrogen (secondary N) is 1. The molecule has 0 bridgehead atoms. The third kappa shape index (κ3) is 4.15. The summed E-state index contributed by atoms with van der Waals surface area (Å²) in [4.78, 5) is 13.7. The highest BCUT2D eigenvalue weighted by Gasteiger charge is 2.21. The molecular weight excluding hydrogens is 250 g/mol. The number of aromatic nitrogens is 2. The topological polar surface area (TPSA) is 44.3 Å². The van der Waals surface area contributed by atoms with E-state index in [1.807, 2.05) is 12.4 Å². The Morgan fingerprint density at radius 1 is 1.30 bits per heavy atom. The summed E-state index contributed by atoms with van der Waals surface area (Å²) in [6.07, 6.45) is 6.18. The van der Waals surface area contributed by atoms with Gasteiger partial charge >= 0.3 is 0 Å². The molecule has 1 saturated heterocycles. The first kappa shape index (κ1) is 15.2. The number of hydrogen-bond donors (Lipinski definition) is 1. The van der Waals surface area contributed by atoms with Crippen molar-refractivity contribution in [1.29, 1.82) is 0 Å². The quantitative estimate of drug-likeness (QED) is 0.884. The monoisotopic (exact) mass is 277 g/mol. The summed E-state index contributed by atoms with van der Waals surface area (Å²) in [7, 11) is 4.32. The Morgan fingerprint density at radius 2 is 2.00 bits per heavy atom. The first-order valence-electron chi connectivity index (χ1n) is 7.52. The minimum Gasteiger partial charge on any atom is -0.355 e. The average Bonchev–Trinajstić information content (AvgIpc) is 2.46. The first-order chi connectivity index (χ1) is 9.56. The zero-order chi connectivity index (χ0) is 14.5. The van der Waals surface area contributed by atoms with E-state index in [-0.39, 0.29) is 0 Å². The molecule has 0 spiro atoms. The third-order valence-corrected chi connectivity index (χ3v) is 3.98. The number of likely N-dealkylation sites (tertiary alicyclic amines) is 1. The zero-order valence-corrected chi connectivity index (χ0v) is 13.1. The minimum atomic E-state index is 0.471. The Hall–Kier alpha value is -1.20. The molecule has 1 fully saturated rings. The lowest BCUT2D eigenvalue weighted by atomic mass is 10.0. The second kappa shape index (κ2) is 6.99. The normalized spacial score (nSPS) is 17.6. The molecule has 0 saturated carbocycles. The Balaban J connectivity index is 1.91. The fourth-order valence-corrected chi connectivity index (χ4v) is 2.50. The molecule has 2 rings (SSSR count). The summed E-state index contributed by atoms with van der Waals surface area (Å²) in [6, 6.07) is 1.05. The van der Waals surface area contributed by atoms with Crippen molar-refractivity contribution in [2.45, 2.75) is 45.3 Å². The van der Waals surface area contributed by atoms with Crippen LogP contribution in [0.15, 0.2) is 12.4 Å². The average molecular weight is 277 g/mol. The largest absolute Gasteiger partial charge is 0.355 e. The SMILES string of the molecule is CC(C)NCc1cnc(N(C)C2CCN(C)CC2)cn1. The molecule has 1 aromatic rings. The molecule has 5 heteroatoms. The summed E-state index contributed by atoms with van der Waals surface area (Å²) >= 11 is 0. The molecule has 0 radical (unpaired) electrons. The Bertz CT molecular complexity index is 395. The molecule has 1 N–H and O–H groups in total. The zero-order valence-electron chi connectivity index (χ0n) is 13.1. The van der Waals surface area contributed by atoms with Crippen molar-refractivity contribution in [2.75, 3.05) is 32.1 Å². The Labute approximate surface area is 122 Å². The van der Waals surface area contributed by atoms with E-state index in [9.17, 15) is 0 Å². The van der Waals surface area contributed by atoms with Crippen LogP contribution in [0.2, 0.25) is 0 Å². The molecule has 1 aliphatic rings. The number of nitrogens with zero attached hydrogens (tertiary/aromatic N) is 4. The maximum atomic E-state index is 4.56. The molecule has 0 atom stereocenters. The smallest absolute Gasteiger partial charge is 0.147 e. The van der Waals surface area contributed by atoms with Gasteiger partial charge in [-0.25, -0.2) is 4.98 Å². The van der Waals surface area contributed by atoms with Gasteiger partial charge in [-0.15, -0.1) is 0 Å². The maximum Gasteiger partial charge on any atom is 0.147 e. The number of rotatable bonds is 5. The van der Waals surface area contributed by atoms with Crippen molar-refractivity contribution in [3.05, 3.63) is 18.1 Å². The van der Waals surface area contributed by atoms with Gasteiger partial charge in [0, 0.05) is 25.7 Å². The lowest BCUT2D eigenvalue weighted by molar-refractivity contribution is 0.252. The maximum absolute atomic E-state index is 4.56. The van der Waals surface area contributed by atoms with Crippen LogP contribution >= 0.6 is 0 Å². The van der Waals surface area contributed by atoms with Crippen molar-refractivity contribution in [3.63, 3.8) is 0 Å². The molecule has 1 aromatic heterocycles. The highest BCUT2D eigenvalue weighted by molar-refractivity contribution is 5.36. The van der Waals surface area contributed by atoms with E-state index in [2.05, 4.69) is 53.0 Å². The van der Waals surface area contributed by atoms with Gasteiger partial charge in [-0.05, 0) is 33.0 Å². The van der Waals surface area contributed by atoms with E-state index in [0.29, 0.717) is 12.1 Å². The van der Waals surface area contributed by atoms with Crippen molar-refractivity contribution < 1.29 is 0 Å². The van der Waals surface area contributed by atoms with Crippen LogP contribution in [-0.4, -0.2) is 54.1 Å². The van der Waals surface area contributed by atoms with Gasteiger partial charge in [0.25, 0.3) is 0 Å². The van der Waals surface area contributed by atoms with Gasteiger partial charge in [-0.2, -0.15) is 0 Å². The minimum absolute atomic E-state index is 0.471. The lowest BCUT2D eigenvalue weighted by Gasteiger charge is -2.35. The summed E-state index contributed by atoms with van der Waals surface area (Å²) in [5, 5.41) is 3.36. The van der Waals surface area contributed by atoms with Crippen LogP contribution in [0, 0.1) is 0 Å². The second-order valence-electron chi connectivity index (χ2n) is 6.05. The van der Waals surface area contributed by atoms with E-state index in [0.717, 1.165) is 18.1 Å². The van der Waals surface area contributed by atoms with Gasteiger partial charge < -0.3 is 15.1 Å². The van der Waals surface area contributed by atoms with Crippen LogP contribution < -0.4 is 10.2 Å². The fourth-order valence-electron chi connectivity index (χ4n) is 2.50. The Kier molecular flexibility index (Phi) is 5.31. The number of anilines is 1. The molecule has 0 aromatic carbocycles. The van der Waals surface area contributed by atoms with E-state index >= 15 is 0 Å². The van der Waals surface area contributed by atoms with Crippen LogP contribution in [0.4, 0.5) is 5.82 Å². The molecule has 0 unspecified atom stereocenters. The molecule has 0 amide bonds. The van der Waals surface area contributed by atoms with Crippen LogP contribution in [0.3, 0.4) is 0 Å².